The lowest BCUT2D eigenvalue weighted by Crippen LogP contribution is -2.29. The topological polar surface area (TPSA) is 99.2 Å². The molecule has 9 heteroatoms. The first kappa shape index (κ1) is 26.8. The zero-order chi connectivity index (χ0) is 27.5. The van der Waals surface area contributed by atoms with Crippen LogP contribution in [0.4, 0.5) is 15.9 Å². The minimum absolute atomic E-state index is 0.0169. The molecule has 3 heterocycles. The van der Waals surface area contributed by atoms with Crippen LogP contribution in [0.3, 0.4) is 0 Å². The molecule has 1 aliphatic carbocycles. The van der Waals surface area contributed by atoms with Gasteiger partial charge in [0.25, 0.3) is 5.91 Å². The number of rotatable bonds is 6. The normalized spacial score (nSPS) is 17.6. The number of halogens is 2. The molecule has 3 N–H and O–H groups in total. The molecule has 0 bridgehead atoms. The van der Waals surface area contributed by atoms with Crippen molar-refractivity contribution in [2.75, 3.05) is 24.3 Å². The van der Waals surface area contributed by atoms with Crippen molar-refractivity contribution in [2.24, 2.45) is 5.92 Å². The lowest BCUT2D eigenvalue weighted by molar-refractivity contribution is 0.0611. The molecular formula is C30H30ClFN4O3. The molecule has 39 heavy (non-hydrogen) atoms. The molecule has 2 aliphatic rings. The van der Waals surface area contributed by atoms with E-state index in [4.69, 9.17) is 22.1 Å². The number of ether oxygens (including phenoxy) is 1. The number of hydrogen-bond acceptors (Lipinski definition) is 5. The summed E-state index contributed by atoms with van der Waals surface area (Å²) in [5.74, 6) is -0.861. The molecule has 1 fully saturated rings. The Bertz CT molecular complexity index is 1500. The molecule has 0 radical (unpaired) electrons. The van der Waals surface area contributed by atoms with E-state index in [9.17, 15) is 9.59 Å². The Balaban J connectivity index is 1.45. The lowest BCUT2D eigenvalue weighted by Gasteiger charge is -2.24. The standard InChI is InChI=1S/C30H30ClFN4O3/c1-18-2-4-20(5-3-18)23-16-36(15-19-9-12-39-13-10-19)17-24(28(23)37)30(38)35-21-6-7-22(26(32)14-21)27-25(31)8-11-34-29(27)33/h2-4,6-8,11,14,16-17,19-20H,5,9-10,12-13,15H2,1H3,(H2,33,34)(H,35,38). The third kappa shape index (κ3) is 5.97. The van der Waals surface area contributed by atoms with Gasteiger partial charge in [-0.3, -0.25) is 9.59 Å². The molecule has 5 rings (SSSR count). The predicted octanol–water partition coefficient (Wildman–Crippen LogP) is 5.95. The maximum Gasteiger partial charge on any atom is 0.261 e. The number of allylic oxidation sites excluding steroid dienone is 4. The minimum Gasteiger partial charge on any atom is -0.383 e. The molecule has 1 aromatic carbocycles. The first-order valence-electron chi connectivity index (χ1n) is 13.0. The first-order chi connectivity index (χ1) is 18.8. The van der Waals surface area contributed by atoms with E-state index in [1.165, 1.54) is 24.4 Å². The molecule has 0 saturated carbocycles. The van der Waals surface area contributed by atoms with E-state index in [2.05, 4.69) is 16.4 Å². The van der Waals surface area contributed by atoms with E-state index in [0.29, 0.717) is 37.7 Å². The number of nitrogens with one attached hydrogen (secondary N) is 1. The Morgan fingerprint density at radius 2 is 2.05 bits per heavy atom. The molecule has 202 valence electrons. The largest absolute Gasteiger partial charge is 0.383 e. The van der Waals surface area contributed by atoms with Gasteiger partial charge in [0, 0.05) is 66.6 Å². The maximum atomic E-state index is 15.1. The summed E-state index contributed by atoms with van der Waals surface area (Å²) in [6.45, 7) is 4.11. The third-order valence-electron chi connectivity index (χ3n) is 7.27. The summed E-state index contributed by atoms with van der Waals surface area (Å²) in [6, 6.07) is 5.73. The number of nitrogen functional groups attached to an aromatic ring is 1. The number of benzene rings is 1. The fourth-order valence-corrected chi connectivity index (χ4v) is 5.34. The highest BCUT2D eigenvalue weighted by Crippen LogP contribution is 2.34. The fourth-order valence-electron chi connectivity index (χ4n) is 5.08. The van der Waals surface area contributed by atoms with Crippen molar-refractivity contribution < 1.29 is 13.9 Å². The summed E-state index contributed by atoms with van der Waals surface area (Å²) in [5.41, 5.74) is 7.96. The predicted molar refractivity (Wildman–Crippen MR) is 152 cm³/mol. The number of nitrogens with zero attached hydrogens (tertiary/aromatic N) is 2. The highest BCUT2D eigenvalue weighted by atomic mass is 35.5. The Labute approximate surface area is 231 Å². The maximum absolute atomic E-state index is 15.1. The van der Waals surface area contributed by atoms with Crippen molar-refractivity contribution >= 4 is 29.0 Å². The monoisotopic (exact) mass is 548 g/mol. The molecule has 1 unspecified atom stereocenters. The molecule has 7 nitrogen and oxygen atoms in total. The average molecular weight is 549 g/mol. The van der Waals surface area contributed by atoms with E-state index >= 15 is 4.39 Å². The number of anilines is 2. The number of nitrogens with two attached hydrogens (primary N) is 1. The second-order valence-corrected chi connectivity index (χ2v) is 10.5. The molecule has 1 atom stereocenters. The second kappa shape index (κ2) is 11.6. The van der Waals surface area contributed by atoms with Gasteiger partial charge in [-0.05, 0) is 56.4 Å². The SMILES string of the molecule is CC1=CCC(c2cn(CC3CCOCC3)cc(C(=O)Nc3ccc(-c4c(Cl)ccnc4N)c(F)c3)c2=O)C=C1. The number of carbonyl (C=O) groups excluding carboxylic acids is 1. The molecular weight excluding hydrogens is 519 g/mol. The molecule has 1 saturated heterocycles. The first-order valence-corrected chi connectivity index (χ1v) is 13.4. The summed E-state index contributed by atoms with van der Waals surface area (Å²) >= 11 is 6.22. The molecule has 3 aromatic rings. The van der Waals surface area contributed by atoms with Crippen LogP contribution < -0.4 is 16.5 Å². The van der Waals surface area contributed by atoms with Gasteiger partial charge in [0.2, 0.25) is 0 Å². The van der Waals surface area contributed by atoms with Crippen molar-refractivity contribution in [1.82, 2.24) is 9.55 Å². The summed E-state index contributed by atoms with van der Waals surface area (Å²) < 4.78 is 22.5. The van der Waals surface area contributed by atoms with Crippen LogP contribution >= 0.6 is 11.6 Å². The van der Waals surface area contributed by atoms with Gasteiger partial charge < -0.3 is 20.4 Å². The van der Waals surface area contributed by atoms with Gasteiger partial charge in [0.1, 0.15) is 17.2 Å². The smallest absolute Gasteiger partial charge is 0.261 e. The molecule has 1 aliphatic heterocycles. The number of carbonyl (C=O) groups is 1. The number of hydrogen-bond donors (Lipinski definition) is 2. The van der Waals surface area contributed by atoms with Gasteiger partial charge in [-0.15, -0.1) is 0 Å². The van der Waals surface area contributed by atoms with Crippen LogP contribution in [-0.4, -0.2) is 28.7 Å². The van der Waals surface area contributed by atoms with Crippen LogP contribution in [0.25, 0.3) is 11.1 Å². The van der Waals surface area contributed by atoms with Gasteiger partial charge in [-0.2, -0.15) is 0 Å². The summed E-state index contributed by atoms with van der Waals surface area (Å²) in [6.07, 6.45) is 13.5. The van der Waals surface area contributed by atoms with Crippen LogP contribution in [0.15, 0.2) is 71.5 Å². The van der Waals surface area contributed by atoms with Gasteiger partial charge in [-0.25, -0.2) is 9.37 Å². The number of pyridine rings is 2. The summed E-state index contributed by atoms with van der Waals surface area (Å²) in [7, 11) is 0. The Hall–Kier alpha value is -3.75. The van der Waals surface area contributed by atoms with Crippen LogP contribution in [0.1, 0.15) is 48.0 Å². The highest BCUT2D eigenvalue weighted by molar-refractivity contribution is 6.33. The van der Waals surface area contributed by atoms with Crippen LogP contribution in [0, 0.1) is 11.7 Å². The Morgan fingerprint density at radius 1 is 1.26 bits per heavy atom. The van der Waals surface area contributed by atoms with E-state index < -0.39 is 11.7 Å². The van der Waals surface area contributed by atoms with Gasteiger partial charge in [-0.1, -0.05) is 35.4 Å². The average Bonchev–Trinajstić information content (AvgIpc) is 2.91. The van der Waals surface area contributed by atoms with E-state index in [0.717, 1.165) is 18.4 Å². The van der Waals surface area contributed by atoms with Crippen molar-refractivity contribution in [3.05, 3.63) is 98.8 Å². The summed E-state index contributed by atoms with van der Waals surface area (Å²) in [4.78, 5) is 30.9. The zero-order valence-electron chi connectivity index (χ0n) is 21.6. The summed E-state index contributed by atoms with van der Waals surface area (Å²) in [5, 5.41) is 2.96. The third-order valence-corrected chi connectivity index (χ3v) is 7.59. The second-order valence-electron chi connectivity index (χ2n) is 10.1. The van der Waals surface area contributed by atoms with Gasteiger partial charge >= 0.3 is 0 Å². The van der Waals surface area contributed by atoms with Crippen LogP contribution in [-0.2, 0) is 11.3 Å². The van der Waals surface area contributed by atoms with Crippen molar-refractivity contribution in [2.45, 2.75) is 38.6 Å². The van der Waals surface area contributed by atoms with Crippen LogP contribution in [0.2, 0.25) is 5.02 Å². The van der Waals surface area contributed by atoms with Crippen molar-refractivity contribution in [3.63, 3.8) is 0 Å². The zero-order valence-corrected chi connectivity index (χ0v) is 22.4. The lowest BCUT2D eigenvalue weighted by atomic mass is 9.90. The van der Waals surface area contributed by atoms with Gasteiger partial charge in [0.15, 0.2) is 5.43 Å². The van der Waals surface area contributed by atoms with E-state index in [-0.39, 0.29) is 44.6 Å². The van der Waals surface area contributed by atoms with Crippen molar-refractivity contribution in [1.29, 1.82) is 0 Å². The Morgan fingerprint density at radius 3 is 2.74 bits per heavy atom. The number of aromatic nitrogens is 2. The number of amides is 1. The Kier molecular flexibility index (Phi) is 7.95. The quantitative estimate of drug-likeness (QED) is 0.396. The molecule has 1 amide bonds. The van der Waals surface area contributed by atoms with Crippen LogP contribution in [0.5, 0.6) is 0 Å². The van der Waals surface area contributed by atoms with E-state index in [1.807, 2.05) is 29.8 Å². The van der Waals surface area contributed by atoms with E-state index in [1.54, 1.807) is 12.3 Å². The molecule has 2 aromatic heterocycles. The van der Waals surface area contributed by atoms with Crippen molar-refractivity contribution in [3.8, 4) is 11.1 Å². The highest BCUT2D eigenvalue weighted by Gasteiger charge is 2.23. The molecule has 0 spiro atoms. The fraction of sp³-hybridized carbons (Fsp3) is 0.300. The minimum atomic E-state index is -0.630. The van der Waals surface area contributed by atoms with Gasteiger partial charge in [0.05, 0.1) is 5.02 Å².